The second-order valence-corrected chi connectivity index (χ2v) is 8.08. The molecule has 1 atom stereocenters. The Hall–Kier alpha value is -1.99. The minimum Gasteiger partial charge on any atom is -0.376 e. The van der Waals surface area contributed by atoms with Gasteiger partial charge in [-0.1, -0.05) is 0 Å². The Labute approximate surface area is 164 Å². The lowest BCUT2D eigenvalue weighted by atomic mass is 9.95. The first-order valence-electron chi connectivity index (χ1n) is 9.73. The number of carbonyl (C=O) groups excluding carboxylic acids is 1. The molecule has 2 aromatic rings. The van der Waals surface area contributed by atoms with Crippen LogP contribution in [-0.2, 0) is 16.1 Å². The largest absolute Gasteiger partial charge is 0.376 e. The van der Waals surface area contributed by atoms with Crippen molar-refractivity contribution >= 4 is 23.2 Å². The average molecular weight is 387 g/mol. The molecule has 2 saturated heterocycles. The van der Waals surface area contributed by atoms with Crippen LogP contribution in [0.4, 0.5) is 5.95 Å². The molecule has 1 amide bonds. The van der Waals surface area contributed by atoms with E-state index in [-0.39, 0.29) is 17.9 Å². The third kappa shape index (κ3) is 4.65. The SMILES string of the molecule is O=C(C1CCN(c2ncccn2)CC1)N(Cc1ccsc1)CC1CCCO1. The maximum atomic E-state index is 13.3. The maximum absolute atomic E-state index is 13.3. The lowest BCUT2D eigenvalue weighted by molar-refractivity contribution is -0.138. The molecule has 4 rings (SSSR count). The molecule has 7 heteroatoms. The van der Waals surface area contributed by atoms with Gasteiger partial charge in [-0.25, -0.2) is 9.97 Å². The van der Waals surface area contributed by atoms with Gasteiger partial charge in [0.15, 0.2) is 0 Å². The van der Waals surface area contributed by atoms with Crippen LogP contribution in [-0.4, -0.2) is 53.1 Å². The Morgan fingerprint density at radius 1 is 1.26 bits per heavy atom. The summed E-state index contributed by atoms with van der Waals surface area (Å²) in [7, 11) is 0. The predicted molar refractivity (Wildman–Crippen MR) is 106 cm³/mol. The Balaban J connectivity index is 1.38. The highest BCUT2D eigenvalue weighted by Crippen LogP contribution is 2.24. The van der Waals surface area contributed by atoms with Crippen molar-refractivity contribution in [2.75, 3.05) is 31.1 Å². The van der Waals surface area contributed by atoms with Crippen LogP contribution in [0.1, 0.15) is 31.2 Å². The van der Waals surface area contributed by atoms with Crippen LogP contribution < -0.4 is 4.90 Å². The summed E-state index contributed by atoms with van der Waals surface area (Å²) in [5, 5.41) is 4.20. The van der Waals surface area contributed by atoms with Gasteiger partial charge in [0, 0.05) is 51.1 Å². The average Bonchev–Trinajstić information content (AvgIpc) is 3.42. The quantitative estimate of drug-likeness (QED) is 0.764. The van der Waals surface area contributed by atoms with Gasteiger partial charge >= 0.3 is 0 Å². The Morgan fingerprint density at radius 2 is 2.07 bits per heavy atom. The molecule has 2 aliphatic rings. The molecule has 0 radical (unpaired) electrons. The monoisotopic (exact) mass is 386 g/mol. The maximum Gasteiger partial charge on any atom is 0.226 e. The van der Waals surface area contributed by atoms with E-state index in [0.717, 1.165) is 51.3 Å². The summed E-state index contributed by atoms with van der Waals surface area (Å²) in [6, 6.07) is 3.93. The van der Waals surface area contributed by atoms with Crippen molar-refractivity contribution in [3.8, 4) is 0 Å². The first-order chi connectivity index (χ1) is 13.3. The molecule has 2 aromatic heterocycles. The van der Waals surface area contributed by atoms with Crippen molar-refractivity contribution in [3.05, 3.63) is 40.8 Å². The molecule has 6 nitrogen and oxygen atoms in total. The number of carbonyl (C=O) groups is 1. The fourth-order valence-corrected chi connectivity index (χ4v) is 4.57. The Bertz CT molecular complexity index is 711. The van der Waals surface area contributed by atoms with Gasteiger partial charge in [-0.05, 0) is 54.1 Å². The molecule has 2 fully saturated rings. The summed E-state index contributed by atoms with van der Waals surface area (Å²) in [6.45, 7) is 3.86. The molecule has 0 saturated carbocycles. The third-order valence-electron chi connectivity index (χ3n) is 5.39. The van der Waals surface area contributed by atoms with Gasteiger partial charge < -0.3 is 14.5 Å². The number of piperidine rings is 1. The molecule has 4 heterocycles. The lowest BCUT2D eigenvalue weighted by Gasteiger charge is -2.35. The summed E-state index contributed by atoms with van der Waals surface area (Å²) in [4.78, 5) is 26.1. The Kier molecular flexibility index (Phi) is 5.99. The molecule has 27 heavy (non-hydrogen) atoms. The number of anilines is 1. The minimum absolute atomic E-state index is 0.0741. The van der Waals surface area contributed by atoms with Gasteiger partial charge in [-0.2, -0.15) is 11.3 Å². The van der Waals surface area contributed by atoms with Crippen LogP contribution in [0, 0.1) is 5.92 Å². The van der Waals surface area contributed by atoms with Crippen LogP contribution in [0.5, 0.6) is 0 Å². The highest BCUT2D eigenvalue weighted by Gasteiger charge is 2.31. The normalized spacial score (nSPS) is 20.7. The fraction of sp³-hybridized carbons (Fsp3) is 0.550. The predicted octanol–water partition coefficient (Wildman–Crippen LogP) is 2.96. The number of ether oxygens (including phenoxy) is 1. The van der Waals surface area contributed by atoms with E-state index < -0.39 is 0 Å². The van der Waals surface area contributed by atoms with E-state index in [0.29, 0.717) is 13.1 Å². The smallest absolute Gasteiger partial charge is 0.226 e. The van der Waals surface area contributed by atoms with E-state index in [1.165, 1.54) is 5.56 Å². The van der Waals surface area contributed by atoms with Gasteiger partial charge in [0.25, 0.3) is 0 Å². The van der Waals surface area contributed by atoms with Gasteiger partial charge in [0.2, 0.25) is 11.9 Å². The zero-order valence-corrected chi connectivity index (χ0v) is 16.3. The van der Waals surface area contributed by atoms with Crippen molar-refractivity contribution in [2.24, 2.45) is 5.92 Å². The van der Waals surface area contributed by atoms with Gasteiger partial charge in [-0.15, -0.1) is 0 Å². The molecule has 144 valence electrons. The highest BCUT2D eigenvalue weighted by atomic mass is 32.1. The van der Waals surface area contributed by atoms with Crippen molar-refractivity contribution in [3.63, 3.8) is 0 Å². The van der Waals surface area contributed by atoms with Crippen LogP contribution >= 0.6 is 11.3 Å². The zero-order chi connectivity index (χ0) is 18.5. The third-order valence-corrected chi connectivity index (χ3v) is 6.12. The molecule has 0 aliphatic carbocycles. The molecule has 0 bridgehead atoms. The van der Waals surface area contributed by atoms with Crippen molar-refractivity contribution in [1.82, 2.24) is 14.9 Å². The van der Waals surface area contributed by atoms with Crippen LogP contribution in [0.25, 0.3) is 0 Å². The number of hydrogen-bond donors (Lipinski definition) is 0. The number of rotatable bonds is 6. The minimum atomic E-state index is 0.0741. The second kappa shape index (κ2) is 8.80. The standard InChI is InChI=1S/C20H26N4O2S/c25-19(17-4-9-23(10-5-17)20-21-7-2-8-22-20)24(13-16-6-12-27-15-16)14-18-3-1-11-26-18/h2,6-8,12,15,17-18H,1,3-5,9-11,13-14H2. The summed E-state index contributed by atoms with van der Waals surface area (Å²) < 4.78 is 5.80. The first-order valence-corrected chi connectivity index (χ1v) is 10.7. The van der Waals surface area contributed by atoms with E-state index in [1.807, 2.05) is 11.0 Å². The van der Waals surface area contributed by atoms with Gasteiger partial charge in [0.05, 0.1) is 6.10 Å². The van der Waals surface area contributed by atoms with E-state index in [9.17, 15) is 4.79 Å². The van der Waals surface area contributed by atoms with Crippen molar-refractivity contribution < 1.29 is 9.53 Å². The second-order valence-electron chi connectivity index (χ2n) is 7.30. The first kappa shape index (κ1) is 18.4. The number of aromatic nitrogens is 2. The molecule has 1 unspecified atom stereocenters. The van der Waals surface area contributed by atoms with E-state index >= 15 is 0 Å². The van der Waals surface area contributed by atoms with Crippen LogP contribution in [0.3, 0.4) is 0 Å². The number of nitrogens with zero attached hydrogens (tertiary/aromatic N) is 4. The highest BCUT2D eigenvalue weighted by molar-refractivity contribution is 7.07. The lowest BCUT2D eigenvalue weighted by Crippen LogP contribution is -2.45. The van der Waals surface area contributed by atoms with Crippen LogP contribution in [0.15, 0.2) is 35.3 Å². The number of thiophene rings is 1. The summed E-state index contributed by atoms with van der Waals surface area (Å²) in [5.74, 6) is 1.10. The number of hydrogen-bond acceptors (Lipinski definition) is 6. The molecular weight excluding hydrogens is 360 g/mol. The fourth-order valence-electron chi connectivity index (χ4n) is 3.91. The molecule has 2 aliphatic heterocycles. The van der Waals surface area contributed by atoms with E-state index in [4.69, 9.17) is 4.74 Å². The summed E-state index contributed by atoms with van der Waals surface area (Å²) in [5.41, 5.74) is 1.21. The molecule has 0 aromatic carbocycles. The zero-order valence-electron chi connectivity index (χ0n) is 15.5. The van der Waals surface area contributed by atoms with Crippen molar-refractivity contribution in [2.45, 2.75) is 38.3 Å². The van der Waals surface area contributed by atoms with E-state index in [1.54, 1.807) is 23.7 Å². The Morgan fingerprint density at radius 3 is 2.74 bits per heavy atom. The molecular formula is C20H26N4O2S. The topological polar surface area (TPSA) is 58.6 Å². The van der Waals surface area contributed by atoms with Crippen LogP contribution in [0.2, 0.25) is 0 Å². The van der Waals surface area contributed by atoms with Gasteiger partial charge in [-0.3, -0.25) is 4.79 Å². The van der Waals surface area contributed by atoms with Gasteiger partial charge in [0.1, 0.15) is 0 Å². The summed E-state index contributed by atoms with van der Waals surface area (Å²) in [6.07, 6.45) is 7.57. The molecule has 0 N–H and O–H groups in total. The van der Waals surface area contributed by atoms with E-state index in [2.05, 4.69) is 31.7 Å². The van der Waals surface area contributed by atoms with Crippen molar-refractivity contribution in [1.29, 1.82) is 0 Å². The number of amides is 1. The molecule has 0 spiro atoms. The summed E-state index contributed by atoms with van der Waals surface area (Å²) >= 11 is 1.68.